The lowest BCUT2D eigenvalue weighted by molar-refractivity contribution is -0.126. The van der Waals surface area contributed by atoms with E-state index < -0.39 is 6.04 Å². The molecule has 2 amide bonds. The number of hydrogen-bond acceptors (Lipinski definition) is 5. The average molecular weight is 374 g/mol. The fourth-order valence-electron chi connectivity index (χ4n) is 3.23. The van der Waals surface area contributed by atoms with Crippen molar-refractivity contribution in [2.24, 2.45) is 0 Å². The predicted octanol–water partition coefficient (Wildman–Crippen LogP) is 0.800. The molecule has 3 heterocycles. The number of nitrogens with one attached hydrogen (secondary N) is 1. The molecular weight excluding hydrogens is 348 g/mol. The Morgan fingerprint density at radius 3 is 2.96 bits per heavy atom. The molecule has 1 aliphatic heterocycles. The number of methoxy groups -OCH3 is 1. The van der Waals surface area contributed by atoms with Crippen molar-refractivity contribution in [3.05, 3.63) is 48.2 Å². The van der Waals surface area contributed by atoms with Crippen LogP contribution < -0.4 is 5.32 Å². The lowest BCUT2D eigenvalue weighted by atomic mass is 10.1. The highest BCUT2D eigenvalue weighted by atomic mass is 16.5. The summed E-state index contributed by atoms with van der Waals surface area (Å²) in [5.41, 5.74) is 0.616. The Morgan fingerprint density at radius 1 is 1.37 bits per heavy atom. The number of furan rings is 1. The first-order valence-corrected chi connectivity index (χ1v) is 9.04. The maximum Gasteiger partial charge on any atom is 0.270 e. The Kier molecular flexibility index (Phi) is 6.31. The third-order valence-corrected chi connectivity index (χ3v) is 4.81. The highest BCUT2D eigenvalue weighted by Gasteiger charge is 2.33. The van der Waals surface area contributed by atoms with Gasteiger partial charge in [-0.25, -0.2) is 0 Å². The predicted molar refractivity (Wildman–Crippen MR) is 99.2 cm³/mol. The fraction of sp³-hybridized carbons (Fsp3) is 0.474. The topological polar surface area (TPSA) is 80.0 Å². The van der Waals surface area contributed by atoms with E-state index in [2.05, 4.69) is 10.2 Å². The van der Waals surface area contributed by atoms with E-state index in [9.17, 15) is 9.59 Å². The van der Waals surface area contributed by atoms with Crippen LogP contribution in [0.5, 0.6) is 0 Å². The largest absolute Gasteiger partial charge is 0.468 e. The molecule has 0 fully saturated rings. The molecule has 1 N–H and O–H groups in total. The lowest BCUT2D eigenvalue weighted by Gasteiger charge is -2.33. The van der Waals surface area contributed by atoms with Crippen LogP contribution in [0.25, 0.3) is 0 Å². The normalized spacial score (nSPS) is 16.6. The summed E-state index contributed by atoms with van der Waals surface area (Å²) >= 11 is 0. The molecule has 0 aliphatic carbocycles. The summed E-state index contributed by atoms with van der Waals surface area (Å²) in [5, 5.41) is 2.95. The van der Waals surface area contributed by atoms with Gasteiger partial charge in [0.15, 0.2) is 0 Å². The van der Waals surface area contributed by atoms with Crippen LogP contribution in [0.2, 0.25) is 0 Å². The van der Waals surface area contributed by atoms with Crippen LogP contribution in [0.4, 0.5) is 0 Å². The van der Waals surface area contributed by atoms with Gasteiger partial charge in [0.1, 0.15) is 17.5 Å². The molecule has 1 atom stereocenters. The van der Waals surface area contributed by atoms with E-state index in [-0.39, 0.29) is 11.8 Å². The standard InChI is InChI=1S/C19H26N4O4/c1-21-17(14-23-8-3-6-16(23)19(21)25)18(24)20-7-9-22(10-12-26-2)13-15-5-4-11-27-15/h3-6,8,11,17H,7,9-10,12-14H2,1-2H3,(H,20,24). The minimum absolute atomic E-state index is 0.133. The van der Waals surface area contributed by atoms with Crippen molar-refractivity contribution in [3.63, 3.8) is 0 Å². The molecule has 0 saturated carbocycles. The summed E-state index contributed by atoms with van der Waals surface area (Å²) in [4.78, 5) is 28.6. The molecule has 2 aromatic rings. The summed E-state index contributed by atoms with van der Waals surface area (Å²) in [6.45, 7) is 3.61. The van der Waals surface area contributed by atoms with Crippen LogP contribution in [0.3, 0.4) is 0 Å². The summed E-state index contributed by atoms with van der Waals surface area (Å²) in [7, 11) is 3.34. The molecule has 0 saturated heterocycles. The third-order valence-electron chi connectivity index (χ3n) is 4.81. The minimum atomic E-state index is -0.505. The number of fused-ring (bicyclic) bond motifs is 1. The number of nitrogens with zero attached hydrogens (tertiary/aromatic N) is 3. The van der Waals surface area contributed by atoms with Crippen molar-refractivity contribution in [3.8, 4) is 0 Å². The first-order valence-electron chi connectivity index (χ1n) is 9.04. The van der Waals surface area contributed by atoms with Gasteiger partial charge in [0.05, 0.1) is 26.0 Å². The van der Waals surface area contributed by atoms with Gasteiger partial charge >= 0.3 is 0 Å². The second-order valence-electron chi connectivity index (χ2n) is 6.62. The van der Waals surface area contributed by atoms with Crippen LogP contribution in [0.15, 0.2) is 41.1 Å². The fourth-order valence-corrected chi connectivity index (χ4v) is 3.23. The molecule has 0 radical (unpaired) electrons. The zero-order valence-electron chi connectivity index (χ0n) is 15.8. The van der Waals surface area contributed by atoms with E-state index in [1.165, 1.54) is 4.90 Å². The van der Waals surface area contributed by atoms with E-state index in [0.717, 1.165) is 12.3 Å². The molecular formula is C19H26N4O4. The van der Waals surface area contributed by atoms with Crippen molar-refractivity contribution in [2.45, 2.75) is 19.1 Å². The zero-order chi connectivity index (χ0) is 19.2. The summed E-state index contributed by atoms with van der Waals surface area (Å²) in [5.74, 6) is 0.594. The number of hydrogen-bond donors (Lipinski definition) is 1. The molecule has 1 unspecified atom stereocenters. The lowest BCUT2D eigenvalue weighted by Crippen LogP contribution is -2.54. The summed E-state index contributed by atoms with van der Waals surface area (Å²) in [6, 6.07) is 6.88. The second-order valence-corrected chi connectivity index (χ2v) is 6.62. The average Bonchev–Trinajstić information content (AvgIpc) is 3.34. The van der Waals surface area contributed by atoms with Gasteiger partial charge in [-0.15, -0.1) is 0 Å². The van der Waals surface area contributed by atoms with Gasteiger partial charge in [0.2, 0.25) is 5.91 Å². The van der Waals surface area contributed by atoms with Gasteiger partial charge in [0.25, 0.3) is 5.91 Å². The maximum absolute atomic E-state index is 12.6. The van der Waals surface area contributed by atoms with Crippen molar-refractivity contribution < 1.29 is 18.7 Å². The van der Waals surface area contributed by atoms with Crippen molar-refractivity contribution in [2.75, 3.05) is 40.4 Å². The molecule has 2 aromatic heterocycles. The molecule has 27 heavy (non-hydrogen) atoms. The van der Waals surface area contributed by atoms with E-state index in [0.29, 0.717) is 38.5 Å². The SMILES string of the molecule is COCCN(CCNC(=O)C1Cn2cccc2C(=O)N1C)Cc1ccco1. The Bertz CT molecular complexity index is 756. The smallest absolute Gasteiger partial charge is 0.270 e. The molecule has 0 spiro atoms. The van der Waals surface area contributed by atoms with Crippen LogP contribution in [0.1, 0.15) is 16.2 Å². The van der Waals surface area contributed by atoms with Crippen LogP contribution >= 0.6 is 0 Å². The van der Waals surface area contributed by atoms with E-state index in [4.69, 9.17) is 9.15 Å². The quantitative estimate of drug-likeness (QED) is 0.702. The number of amides is 2. The molecule has 146 valence electrons. The van der Waals surface area contributed by atoms with Crippen LogP contribution in [0, 0.1) is 0 Å². The van der Waals surface area contributed by atoms with Gasteiger partial charge in [-0.1, -0.05) is 0 Å². The van der Waals surface area contributed by atoms with E-state index in [1.54, 1.807) is 26.5 Å². The van der Waals surface area contributed by atoms with Gasteiger partial charge in [-0.3, -0.25) is 14.5 Å². The minimum Gasteiger partial charge on any atom is -0.468 e. The molecule has 0 bridgehead atoms. The Hall–Kier alpha value is -2.58. The molecule has 1 aliphatic rings. The number of carbonyl (C=O) groups is 2. The number of ether oxygens (including phenoxy) is 1. The van der Waals surface area contributed by atoms with Crippen LogP contribution in [-0.2, 0) is 22.6 Å². The first-order chi connectivity index (χ1) is 13.1. The second kappa shape index (κ2) is 8.88. The van der Waals surface area contributed by atoms with Gasteiger partial charge in [0, 0.05) is 40.0 Å². The van der Waals surface area contributed by atoms with Crippen molar-refractivity contribution in [1.29, 1.82) is 0 Å². The van der Waals surface area contributed by atoms with E-state index in [1.807, 2.05) is 29.0 Å². The number of aromatic nitrogens is 1. The number of carbonyl (C=O) groups excluding carboxylic acids is 2. The van der Waals surface area contributed by atoms with Crippen molar-refractivity contribution in [1.82, 2.24) is 19.7 Å². The zero-order valence-corrected chi connectivity index (χ0v) is 15.8. The molecule has 3 rings (SSSR count). The van der Waals surface area contributed by atoms with Gasteiger partial charge in [-0.05, 0) is 24.3 Å². The van der Waals surface area contributed by atoms with Gasteiger partial charge in [-0.2, -0.15) is 0 Å². The first kappa shape index (κ1) is 19.2. The molecule has 0 aromatic carbocycles. The van der Waals surface area contributed by atoms with E-state index >= 15 is 0 Å². The Morgan fingerprint density at radius 2 is 2.22 bits per heavy atom. The Labute approximate surface area is 158 Å². The highest BCUT2D eigenvalue weighted by Crippen LogP contribution is 2.16. The third kappa shape index (κ3) is 4.58. The Balaban J connectivity index is 1.52. The van der Waals surface area contributed by atoms with Gasteiger partial charge < -0.3 is 23.9 Å². The highest BCUT2D eigenvalue weighted by molar-refractivity contribution is 5.97. The van der Waals surface area contributed by atoms with Crippen molar-refractivity contribution >= 4 is 11.8 Å². The maximum atomic E-state index is 12.6. The summed E-state index contributed by atoms with van der Waals surface area (Å²) in [6.07, 6.45) is 3.48. The molecule has 8 heteroatoms. The van der Waals surface area contributed by atoms with Crippen LogP contribution in [-0.4, -0.2) is 72.6 Å². The molecule has 8 nitrogen and oxygen atoms in total. The number of likely N-dealkylation sites (N-methyl/N-ethyl adjacent to an activating group) is 1. The summed E-state index contributed by atoms with van der Waals surface area (Å²) < 4.78 is 12.4. The monoisotopic (exact) mass is 374 g/mol. The number of rotatable bonds is 9.